The molecule has 1 nitrogen and oxygen atoms in total. The molecule has 3 atom stereocenters. The first-order chi connectivity index (χ1) is 8.80. The van der Waals surface area contributed by atoms with E-state index in [9.17, 15) is 0 Å². The van der Waals surface area contributed by atoms with Crippen molar-refractivity contribution in [3.8, 4) is 0 Å². The van der Waals surface area contributed by atoms with Crippen LogP contribution >= 0.6 is 11.8 Å². The predicted molar refractivity (Wildman–Crippen MR) is 80.0 cm³/mol. The van der Waals surface area contributed by atoms with E-state index in [2.05, 4.69) is 54.3 Å². The fourth-order valence-corrected chi connectivity index (χ4v) is 5.03. The molecule has 1 aliphatic heterocycles. The first-order valence-corrected chi connectivity index (χ1v) is 8.23. The Bertz CT molecular complexity index is 381. The topological polar surface area (TPSA) is 12.0 Å². The van der Waals surface area contributed by atoms with E-state index in [1.165, 1.54) is 43.5 Å². The summed E-state index contributed by atoms with van der Waals surface area (Å²) in [7, 11) is 0. The smallest absolute Gasteiger partial charge is 0.0714 e. The van der Waals surface area contributed by atoms with E-state index < -0.39 is 0 Å². The molecule has 0 aromatic heterocycles. The summed E-state index contributed by atoms with van der Waals surface area (Å²) in [6.07, 6.45) is 5.46. The minimum absolute atomic E-state index is 0.326. The van der Waals surface area contributed by atoms with Crippen molar-refractivity contribution >= 4 is 11.8 Å². The summed E-state index contributed by atoms with van der Waals surface area (Å²) in [6, 6.07) is 11.1. The second-order valence-electron chi connectivity index (χ2n) is 5.90. The Labute approximate surface area is 115 Å². The number of rotatable bonds is 1. The van der Waals surface area contributed by atoms with E-state index in [-0.39, 0.29) is 0 Å². The fourth-order valence-electron chi connectivity index (χ4n) is 3.40. The molecule has 18 heavy (non-hydrogen) atoms. The lowest BCUT2D eigenvalue weighted by Gasteiger charge is -2.48. The molecule has 1 saturated heterocycles. The van der Waals surface area contributed by atoms with Crippen molar-refractivity contribution in [3.05, 3.63) is 35.9 Å². The van der Waals surface area contributed by atoms with E-state index in [4.69, 9.17) is 0 Å². The SMILES string of the molecule is CC1CNC2(CCCCC2c2ccccc2)SC1. The Morgan fingerprint density at radius 2 is 2.06 bits per heavy atom. The largest absolute Gasteiger partial charge is 0.302 e. The maximum atomic E-state index is 3.90. The second-order valence-corrected chi connectivity index (χ2v) is 7.25. The number of benzene rings is 1. The third-order valence-corrected chi connectivity index (χ3v) is 6.31. The quantitative estimate of drug-likeness (QED) is 0.819. The third kappa shape index (κ3) is 2.33. The summed E-state index contributed by atoms with van der Waals surface area (Å²) in [6.45, 7) is 3.55. The lowest BCUT2D eigenvalue weighted by Crippen LogP contribution is -2.54. The molecule has 0 amide bonds. The van der Waals surface area contributed by atoms with Gasteiger partial charge in [-0.15, -0.1) is 11.8 Å². The number of nitrogens with one attached hydrogen (secondary N) is 1. The monoisotopic (exact) mass is 261 g/mol. The standard InChI is InChI=1S/C16H23NS/c1-13-11-17-16(18-12-13)10-6-5-9-15(16)14-7-3-2-4-8-14/h2-4,7-8,13,15,17H,5-6,9-12H2,1H3. The van der Waals surface area contributed by atoms with Crippen LogP contribution in [0.15, 0.2) is 30.3 Å². The van der Waals surface area contributed by atoms with E-state index in [0.29, 0.717) is 10.8 Å². The van der Waals surface area contributed by atoms with Crippen LogP contribution in [-0.4, -0.2) is 17.2 Å². The molecule has 1 heterocycles. The normalized spacial score (nSPS) is 36.7. The third-order valence-electron chi connectivity index (χ3n) is 4.43. The average molecular weight is 261 g/mol. The van der Waals surface area contributed by atoms with E-state index >= 15 is 0 Å². The van der Waals surface area contributed by atoms with Gasteiger partial charge in [0.15, 0.2) is 0 Å². The van der Waals surface area contributed by atoms with Crippen molar-refractivity contribution in [1.29, 1.82) is 0 Å². The summed E-state index contributed by atoms with van der Waals surface area (Å²) in [4.78, 5) is 0.326. The fraction of sp³-hybridized carbons (Fsp3) is 0.625. The molecule has 1 N–H and O–H groups in total. The van der Waals surface area contributed by atoms with Crippen LogP contribution < -0.4 is 5.32 Å². The summed E-state index contributed by atoms with van der Waals surface area (Å²) in [5, 5.41) is 3.90. The van der Waals surface area contributed by atoms with Gasteiger partial charge in [0, 0.05) is 5.92 Å². The molecule has 2 fully saturated rings. The molecule has 0 radical (unpaired) electrons. The Morgan fingerprint density at radius 1 is 1.22 bits per heavy atom. The van der Waals surface area contributed by atoms with Crippen LogP contribution in [0, 0.1) is 5.92 Å². The summed E-state index contributed by atoms with van der Waals surface area (Å²) >= 11 is 2.19. The average Bonchev–Trinajstić information content (AvgIpc) is 2.44. The molecule has 3 unspecified atom stereocenters. The highest BCUT2D eigenvalue weighted by atomic mass is 32.2. The number of hydrogen-bond donors (Lipinski definition) is 1. The minimum atomic E-state index is 0.326. The van der Waals surface area contributed by atoms with Crippen LogP contribution in [0.1, 0.15) is 44.1 Å². The lowest BCUT2D eigenvalue weighted by atomic mass is 9.79. The molecule has 1 aromatic carbocycles. The summed E-state index contributed by atoms with van der Waals surface area (Å²) in [5.41, 5.74) is 1.53. The maximum Gasteiger partial charge on any atom is 0.0714 e. The van der Waals surface area contributed by atoms with Crippen molar-refractivity contribution in [2.75, 3.05) is 12.3 Å². The predicted octanol–water partition coefficient (Wildman–Crippen LogP) is 4.01. The highest BCUT2D eigenvalue weighted by Gasteiger charge is 2.43. The van der Waals surface area contributed by atoms with Gasteiger partial charge in [0.1, 0.15) is 0 Å². The van der Waals surface area contributed by atoms with Crippen molar-refractivity contribution in [3.63, 3.8) is 0 Å². The van der Waals surface area contributed by atoms with Gasteiger partial charge in [-0.1, -0.05) is 50.1 Å². The molecule has 3 rings (SSSR count). The Kier molecular flexibility index (Phi) is 3.67. The van der Waals surface area contributed by atoms with Crippen LogP contribution in [0.3, 0.4) is 0 Å². The molecule has 1 aliphatic carbocycles. The van der Waals surface area contributed by atoms with Crippen LogP contribution in [0.2, 0.25) is 0 Å². The van der Waals surface area contributed by atoms with Crippen LogP contribution in [-0.2, 0) is 0 Å². The van der Waals surface area contributed by atoms with Crippen LogP contribution in [0.5, 0.6) is 0 Å². The van der Waals surface area contributed by atoms with Gasteiger partial charge in [-0.05, 0) is 36.6 Å². The van der Waals surface area contributed by atoms with Crippen molar-refractivity contribution in [2.45, 2.75) is 43.4 Å². The molecular formula is C16H23NS. The number of hydrogen-bond acceptors (Lipinski definition) is 2. The minimum Gasteiger partial charge on any atom is -0.302 e. The van der Waals surface area contributed by atoms with Gasteiger partial charge in [0.25, 0.3) is 0 Å². The zero-order valence-corrected chi connectivity index (χ0v) is 12.0. The molecule has 1 saturated carbocycles. The summed E-state index contributed by atoms with van der Waals surface area (Å²) in [5.74, 6) is 2.83. The van der Waals surface area contributed by atoms with E-state index in [1.807, 2.05) is 0 Å². The first kappa shape index (κ1) is 12.6. The lowest BCUT2D eigenvalue weighted by molar-refractivity contribution is 0.274. The molecule has 0 bridgehead atoms. The Balaban J connectivity index is 1.86. The van der Waals surface area contributed by atoms with Gasteiger partial charge in [-0.25, -0.2) is 0 Å². The molecule has 1 aromatic rings. The van der Waals surface area contributed by atoms with Gasteiger partial charge in [-0.3, -0.25) is 0 Å². The van der Waals surface area contributed by atoms with Gasteiger partial charge in [0.2, 0.25) is 0 Å². The second kappa shape index (κ2) is 5.26. The van der Waals surface area contributed by atoms with Crippen LogP contribution in [0.25, 0.3) is 0 Å². The first-order valence-electron chi connectivity index (χ1n) is 7.24. The van der Waals surface area contributed by atoms with Crippen molar-refractivity contribution in [1.82, 2.24) is 5.32 Å². The zero-order chi connectivity index (χ0) is 12.4. The van der Waals surface area contributed by atoms with Gasteiger partial charge >= 0.3 is 0 Å². The molecule has 1 spiro atoms. The highest BCUT2D eigenvalue weighted by molar-refractivity contribution is 8.00. The van der Waals surface area contributed by atoms with Crippen molar-refractivity contribution < 1.29 is 0 Å². The van der Waals surface area contributed by atoms with E-state index in [0.717, 1.165) is 5.92 Å². The molecule has 2 aliphatic rings. The Hall–Kier alpha value is -0.470. The summed E-state index contributed by atoms with van der Waals surface area (Å²) < 4.78 is 0. The van der Waals surface area contributed by atoms with Gasteiger partial charge in [-0.2, -0.15) is 0 Å². The molecule has 2 heteroatoms. The van der Waals surface area contributed by atoms with Gasteiger partial charge < -0.3 is 5.32 Å². The molecular weight excluding hydrogens is 238 g/mol. The van der Waals surface area contributed by atoms with Crippen LogP contribution in [0.4, 0.5) is 0 Å². The molecule has 98 valence electrons. The number of thioether (sulfide) groups is 1. The van der Waals surface area contributed by atoms with Crippen molar-refractivity contribution in [2.24, 2.45) is 5.92 Å². The Morgan fingerprint density at radius 3 is 2.78 bits per heavy atom. The maximum absolute atomic E-state index is 3.90. The highest BCUT2D eigenvalue weighted by Crippen LogP contribution is 2.49. The zero-order valence-electron chi connectivity index (χ0n) is 11.2. The van der Waals surface area contributed by atoms with E-state index in [1.54, 1.807) is 0 Å². The van der Waals surface area contributed by atoms with Gasteiger partial charge in [0.05, 0.1) is 4.87 Å².